The summed E-state index contributed by atoms with van der Waals surface area (Å²) in [5, 5.41) is 2.90. The van der Waals surface area contributed by atoms with Crippen molar-refractivity contribution in [3.8, 4) is 5.75 Å². The third kappa shape index (κ3) is 5.71. The number of nitrogens with one attached hydrogen (secondary N) is 1. The SMILES string of the molecule is CC[C@](C)(OC)C(=O)Nc1ccc(OCCN2C[C@@H](C)C[C@H](C)C2)cc1. The van der Waals surface area contributed by atoms with Crippen LogP contribution in [0.2, 0.25) is 0 Å². The second kappa shape index (κ2) is 9.38. The van der Waals surface area contributed by atoms with Crippen LogP contribution in [0.15, 0.2) is 24.3 Å². The van der Waals surface area contributed by atoms with Crippen LogP contribution in [0, 0.1) is 11.8 Å². The molecule has 2 rings (SSSR count). The van der Waals surface area contributed by atoms with Gasteiger partial charge in [-0.25, -0.2) is 0 Å². The molecule has 1 fully saturated rings. The minimum atomic E-state index is -0.808. The van der Waals surface area contributed by atoms with Crippen molar-refractivity contribution in [3.05, 3.63) is 24.3 Å². The summed E-state index contributed by atoms with van der Waals surface area (Å²) in [7, 11) is 1.56. The fourth-order valence-corrected chi connectivity index (χ4v) is 3.56. The summed E-state index contributed by atoms with van der Waals surface area (Å²) >= 11 is 0. The maximum atomic E-state index is 12.3. The average Bonchev–Trinajstić information content (AvgIpc) is 2.61. The Bertz CT molecular complexity index is 559. The van der Waals surface area contributed by atoms with Gasteiger partial charge in [0.05, 0.1) is 0 Å². The van der Waals surface area contributed by atoms with E-state index in [2.05, 4.69) is 24.1 Å². The van der Waals surface area contributed by atoms with Crippen molar-refractivity contribution in [2.45, 2.75) is 46.1 Å². The lowest BCUT2D eigenvalue weighted by Gasteiger charge is -2.34. The van der Waals surface area contributed by atoms with Gasteiger partial charge in [-0.1, -0.05) is 20.8 Å². The number of anilines is 1. The molecule has 26 heavy (non-hydrogen) atoms. The number of carbonyl (C=O) groups excluding carboxylic acids is 1. The third-order valence-corrected chi connectivity index (χ3v) is 5.34. The van der Waals surface area contributed by atoms with Gasteiger partial charge in [-0.05, 0) is 55.9 Å². The molecule has 1 amide bonds. The predicted octanol–water partition coefficient (Wildman–Crippen LogP) is 3.80. The molecule has 146 valence electrons. The number of hydrogen-bond donors (Lipinski definition) is 1. The van der Waals surface area contributed by atoms with E-state index in [9.17, 15) is 4.79 Å². The Morgan fingerprint density at radius 1 is 1.23 bits per heavy atom. The number of benzene rings is 1. The van der Waals surface area contributed by atoms with Crippen LogP contribution < -0.4 is 10.1 Å². The van der Waals surface area contributed by atoms with E-state index in [-0.39, 0.29) is 5.91 Å². The maximum absolute atomic E-state index is 12.3. The lowest BCUT2D eigenvalue weighted by molar-refractivity contribution is -0.136. The van der Waals surface area contributed by atoms with Gasteiger partial charge in [0.15, 0.2) is 0 Å². The van der Waals surface area contributed by atoms with E-state index in [0.717, 1.165) is 42.9 Å². The number of hydrogen-bond acceptors (Lipinski definition) is 4. The zero-order chi connectivity index (χ0) is 19.2. The Kier molecular flexibility index (Phi) is 7.47. The molecule has 0 unspecified atom stereocenters. The highest BCUT2D eigenvalue weighted by Crippen LogP contribution is 2.22. The van der Waals surface area contributed by atoms with E-state index in [1.165, 1.54) is 6.42 Å². The number of methoxy groups -OCH3 is 1. The predicted molar refractivity (Wildman–Crippen MR) is 106 cm³/mol. The zero-order valence-electron chi connectivity index (χ0n) is 16.9. The van der Waals surface area contributed by atoms with Crippen LogP contribution in [0.3, 0.4) is 0 Å². The molecule has 1 aliphatic heterocycles. The first-order valence-corrected chi connectivity index (χ1v) is 9.68. The van der Waals surface area contributed by atoms with Gasteiger partial charge in [0, 0.05) is 32.4 Å². The van der Waals surface area contributed by atoms with Gasteiger partial charge < -0.3 is 14.8 Å². The van der Waals surface area contributed by atoms with Crippen molar-refractivity contribution in [2.24, 2.45) is 11.8 Å². The molecule has 1 N–H and O–H groups in total. The summed E-state index contributed by atoms with van der Waals surface area (Å²) in [5.41, 5.74) is -0.0597. The Labute approximate surface area is 158 Å². The number of piperidine rings is 1. The molecule has 0 spiro atoms. The van der Waals surface area contributed by atoms with Crippen LogP contribution in [0.4, 0.5) is 5.69 Å². The van der Waals surface area contributed by atoms with E-state index >= 15 is 0 Å². The molecule has 3 atom stereocenters. The summed E-state index contributed by atoms with van der Waals surface area (Å²) in [6.07, 6.45) is 1.94. The van der Waals surface area contributed by atoms with E-state index in [4.69, 9.17) is 9.47 Å². The van der Waals surface area contributed by atoms with E-state index in [1.807, 2.05) is 31.2 Å². The first-order chi connectivity index (χ1) is 12.4. The Morgan fingerprint density at radius 2 is 1.85 bits per heavy atom. The number of carbonyl (C=O) groups is 1. The quantitative estimate of drug-likeness (QED) is 0.764. The molecule has 0 radical (unpaired) electrons. The maximum Gasteiger partial charge on any atom is 0.256 e. The minimum absolute atomic E-state index is 0.135. The minimum Gasteiger partial charge on any atom is -0.492 e. The molecular weight excluding hydrogens is 328 g/mol. The molecule has 0 aromatic heterocycles. The van der Waals surface area contributed by atoms with E-state index in [1.54, 1.807) is 14.0 Å². The molecule has 5 nitrogen and oxygen atoms in total. The van der Waals surface area contributed by atoms with Gasteiger partial charge in [-0.3, -0.25) is 9.69 Å². The van der Waals surface area contributed by atoms with Crippen LogP contribution in [-0.4, -0.2) is 49.8 Å². The second-order valence-corrected chi connectivity index (χ2v) is 7.82. The van der Waals surface area contributed by atoms with Crippen molar-refractivity contribution in [1.29, 1.82) is 0 Å². The number of ether oxygens (including phenoxy) is 2. The summed E-state index contributed by atoms with van der Waals surface area (Å²) in [6.45, 7) is 12.3. The Balaban J connectivity index is 1.79. The van der Waals surface area contributed by atoms with Crippen molar-refractivity contribution < 1.29 is 14.3 Å². The third-order valence-electron chi connectivity index (χ3n) is 5.34. The van der Waals surface area contributed by atoms with Crippen LogP contribution in [0.25, 0.3) is 0 Å². The van der Waals surface area contributed by atoms with Gasteiger partial charge >= 0.3 is 0 Å². The molecule has 1 aromatic rings. The molecule has 0 saturated carbocycles. The summed E-state index contributed by atoms with van der Waals surface area (Å²) in [6, 6.07) is 7.52. The summed E-state index contributed by atoms with van der Waals surface area (Å²) in [4.78, 5) is 14.8. The van der Waals surface area contributed by atoms with E-state index in [0.29, 0.717) is 13.0 Å². The number of likely N-dealkylation sites (tertiary alicyclic amines) is 1. The first-order valence-electron chi connectivity index (χ1n) is 9.68. The molecule has 1 saturated heterocycles. The highest BCUT2D eigenvalue weighted by Gasteiger charge is 2.30. The molecule has 0 aliphatic carbocycles. The number of nitrogens with zero attached hydrogens (tertiary/aromatic N) is 1. The number of amides is 1. The molecule has 0 bridgehead atoms. The highest BCUT2D eigenvalue weighted by molar-refractivity contribution is 5.97. The van der Waals surface area contributed by atoms with Gasteiger partial charge in [0.1, 0.15) is 18.0 Å². The topological polar surface area (TPSA) is 50.8 Å². The fraction of sp³-hybridized carbons (Fsp3) is 0.667. The largest absolute Gasteiger partial charge is 0.492 e. The Hall–Kier alpha value is -1.59. The van der Waals surface area contributed by atoms with Gasteiger partial charge in [0.25, 0.3) is 5.91 Å². The van der Waals surface area contributed by atoms with Gasteiger partial charge in [-0.2, -0.15) is 0 Å². The van der Waals surface area contributed by atoms with Crippen molar-refractivity contribution in [3.63, 3.8) is 0 Å². The zero-order valence-corrected chi connectivity index (χ0v) is 16.9. The smallest absolute Gasteiger partial charge is 0.256 e. The molecule has 1 aromatic carbocycles. The van der Waals surface area contributed by atoms with Crippen LogP contribution in [0.5, 0.6) is 5.75 Å². The summed E-state index contributed by atoms with van der Waals surface area (Å²) < 4.78 is 11.2. The lowest BCUT2D eigenvalue weighted by atomic mass is 9.92. The van der Waals surface area contributed by atoms with Crippen LogP contribution in [-0.2, 0) is 9.53 Å². The second-order valence-electron chi connectivity index (χ2n) is 7.82. The number of rotatable bonds is 8. The highest BCUT2D eigenvalue weighted by atomic mass is 16.5. The van der Waals surface area contributed by atoms with Gasteiger partial charge in [-0.15, -0.1) is 0 Å². The van der Waals surface area contributed by atoms with Crippen molar-refractivity contribution >= 4 is 11.6 Å². The molecule has 1 aliphatic rings. The summed E-state index contributed by atoms with van der Waals surface area (Å²) in [5.74, 6) is 2.22. The Morgan fingerprint density at radius 3 is 2.38 bits per heavy atom. The van der Waals surface area contributed by atoms with Crippen LogP contribution >= 0.6 is 0 Å². The standard InChI is InChI=1S/C21H34N2O3/c1-6-21(4,25-5)20(24)22-18-7-9-19(10-8-18)26-12-11-23-14-16(2)13-17(3)15-23/h7-10,16-17H,6,11-15H2,1-5H3,(H,22,24)/t16-,17-,21-/m0/s1. The van der Waals surface area contributed by atoms with Crippen LogP contribution in [0.1, 0.15) is 40.5 Å². The average molecular weight is 363 g/mol. The van der Waals surface area contributed by atoms with Crippen molar-refractivity contribution in [2.75, 3.05) is 38.7 Å². The molecular formula is C21H34N2O3. The lowest BCUT2D eigenvalue weighted by Crippen LogP contribution is -2.41. The monoisotopic (exact) mass is 362 g/mol. The first kappa shape index (κ1) is 20.7. The molecule has 5 heteroatoms. The molecule has 1 heterocycles. The van der Waals surface area contributed by atoms with Gasteiger partial charge in [0.2, 0.25) is 0 Å². The fourth-order valence-electron chi connectivity index (χ4n) is 3.56. The van der Waals surface area contributed by atoms with Crippen molar-refractivity contribution in [1.82, 2.24) is 4.90 Å². The normalized spacial score (nSPS) is 23.3. The van der Waals surface area contributed by atoms with E-state index < -0.39 is 5.60 Å².